The normalized spacial score (nSPS) is 11.6. The van der Waals surface area contributed by atoms with Crippen LogP contribution in [0.2, 0.25) is 5.02 Å². The summed E-state index contributed by atoms with van der Waals surface area (Å²) in [6.07, 6.45) is 3.00. The standard InChI is InChI=1S/C22H22ClN3O2/c23-18-8-4-9-19(14-18)25-22(28)17-11-12-21(24-15-17)26-20(10-5-13-27)16-6-2-1-3-7-16/h1-4,6-9,11-12,14-15,20,27H,5,10,13H2,(H,24,26)(H,25,28). The maximum atomic E-state index is 12.4. The Morgan fingerprint density at radius 3 is 2.57 bits per heavy atom. The van der Waals surface area contributed by atoms with E-state index in [9.17, 15) is 4.79 Å². The number of rotatable bonds is 8. The molecule has 1 heterocycles. The number of hydrogen-bond acceptors (Lipinski definition) is 4. The van der Waals surface area contributed by atoms with Crippen LogP contribution in [0, 0.1) is 0 Å². The second kappa shape index (κ2) is 9.88. The van der Waals surface area contributed by atoms with E-state index in [0.717, 1.165) is 12.0 Å². The molecule has 144 valence electrons. The first-order valence-corrected chi connectivity index (χ1v) is 9.49. The van der Waals surface area contributed by atoms with Crippen LogP contribution in [0.4, 0.5) is 11.5 Å². The zero-order valence-electron chi connectivity index (χ0n) is 15.3. The Labute approximate surface area is 169 Å². The first-order valence-electron chi connectivity index (χ1n) is 9.11. The van der Waals surface area contributed by atoms with E-state index in [1.165, 1.54) is 6.20 Å². The lowest BCUT2D eigenvalue weighted by atomic mass is 10.0. The molecule has 2 aromatic carbocycles. The van der Waals surface area contributed by atoms with Crippen LogP contribution in [-0.4, -0.2) is 22.6 Å². The number of benzene rings is 2. The molecule has 5 nitrogen and oxygen atoms in total. The van der Waals surface area contributed by atoms with Crippen molar-refractivity contribution >= 4 is 29.0 Å². The molecule has 3 N–H and O–H groups in total. The summed E-state index contributed by atoms with van der Waals surface area (Å²) < 4.78 is 0. The maximum absolute atomic E-state index is 12.4. The third-order valence-corrected chi connectivity index (χ3v) is 4.52. The van der Waals surface area contributed by atoms with Crippen molar-refractivity contribution in [2.75, 3.05) is 17.2 Å². The molecule has 0 saturated carbocycles. The fourth-order valence-corrected chi connectivity index (χ4v) is 3.05. The molecule has 6 heteroatoms. The molecule has 1 atom stereocenters. The number of anilines is 2. The lowest BCUT2D eigenvalue weighted by Gasteiger charge is -2.19. The van der Waals surface area contributed by atoms with E-state index in [4.69, 9.17) is 16.7 Å². The fourth-order valence-electron chi connectivity index (χ4n) is 2.86. The van der Waals surface area contributed by atoms with Crippen molar-refractivity contribution in [2.45, 2.75) is 18.9 Å². The van der Waals surface area contributed by atoms with E-state index < -0.39 is 0 Å². The molecule has 0 fully saturated rings. The molecule has 0 aliphatic rings. The van der Waals surface area contributed by atoms with Gasteiger partial charge in [0, 0.05) is 23.5 Å². The molecular formula is C22H22ClN3O2. The van der Waals surface area contributed by atoms with Crippen LogP contribution in [0.5, 0.6) is 0 Å². The predicted molar refractivity (Wildman–Crippen MR) is 113 cm³/mol. The Kier molecular flexibility index (Phi) is 7.00. The van der Waals surface area contributed by atoms with Gasteiger partial charge in [0.05, 0.1) is 11.6 Å². The summed E-state index contributed by atoms with van der Waals surface area (Å²) in [5.41, 5.74) is 2.21. The first kappa shape index (κ1) is 19.9. The third-order valence-electron chi connectivity index (χ3n) is 4.28. The number of nitrogens with one attached hydrogen (secondary N) is 2. The minimum atomic E-state index is -0.249. The average molecular weight is 396 g/mol. The molecule has 0 aliphatic heterocycles. The predicted octanol–water partition coefficient (Wildman–Crippen LogP) is 4.91. The summed E-state index contributed by atoms with van der Waals surface area (Å²) >= 11 is 5.94. The highest BCUT2D eigenvalue weighted by Crippen LogP contribution is 2.23. The lowest BCUT2D eigenvalue weighted by Crippen LogP contribution is -2.14. The van der Waals surface area contributed by atoms with Gasteiger partial charge in [-0.05, 0) is 48.7 Å². The quantitative estimate of drug-likeness (QED) is 0.506. The molecular weight excluding hydrogens is 374 g/mol. The smallest absolute Gasteiger partial charge is 0.257 e. The number of nitrogens with zero attached hydrogens (tertiary/aromatic N) is 1. The Morgan fingerprint density at radius 2 is 1.89 bits per heavy atom. The molecule has 0 radical (unpaired) electrons. The summed E-state index contributed by atoms with van der Waals surface area (Å²) in [7, 11) is 0. The van der Waals surface area contributed by atoms with Gasteiger partial charge in [0.25, 0.3) is 5.91 Å². The van der Waals surface area contributed by atoms with Crippen molar-refractivity contribution in [3.63, 3.8) is 0 Å². The van der Waals surface area contributed by atoms with Gasteiger partial charge in [-0.1, -0.05) is 48.0 Å². The van der Waals surface area contributed by atoms with Gasteiger partial charge in [0.15, 0.2) is 0 Å². The molecule has 1 unspecified atom stereocenters. The highest BCUT2D eigenvalue weighted by molar-refractivity contribution is 6.30. The SMILES string of the molecule is O=C(Nc1cccc(Cl)c1)c1ccc(NC(CCCO)c2ccccc2)nc1. The number of aromatic nitrogens is 1. The summed E-state index contributed by atoms with van der Waals surface area (Å²) in [6, 6.07) is 20.6. The number of hydrogen-bond donors (Lipinski definition) is 3. The van der Waals surface area contributed by atoms with Crippen LogP contribution in [0.3, 0.4) is 0 Å². The number of pyridine rings is 1. The monoisotopic (exact) mass is 395 g/mol. The minimum absolute atomic E-state index is 0.0342. The molecule has 3 rings (SSSR count). The number of aliphatic hydroxyl groups excluding tert-OH is 1. The highest BCUT2D eigenvalue weighted by Gasteiger charge is 2.12. The van der Waals surface area contributed by atoms with Crippen molar-refractivity contribution < 1.29 is 9.90 Å². The van der Waals surface area contributed by atoms with Crippen molar-refractivity contribution in [1.82, 2.24) is 4.98 Å². The van der Waals surface area contributed by atoms with E-state index in [-0.39, 0.29) is 18.6 Å². The first-order chi connectivity index (χ1) is 13.7. The van der Waals surface area contributed by atoms with Gasteiger partial charge in [0.2, 0.25) is 0 Å². The summed E-state index contributed by atoms with van der Waals surface area (Å²) in [4.78, 5) is 16.8. The van der Waals surface area contributed by atoms with Gasteiger partial charge in [0.1, 0.15) is 5.82 Å². The van der Waals surface area contributed by atoms with Gasteiger partial charge in [-0.25, -0.2) is 4.98 Å². The van der Waals surface area contributed by atoms with E-state index in [1.807, 2.05) is 30.3 Å². The summed E-state index contributed by atoms with van der Waals surface area (Å²) in [5, 5.41) is 15.9. The Bertz CT molecular complexity index is 901. The number of carbonyl (C=O) groups is 1. The van der Waals surface area contributed by atoms with Crippen LogP contribution >= 0.6 is 11.6 Å². The van der Waals surface area contributed by atoms with Crippen LogP contribution in [0.1, 0.15) is 34.8 Å². The van der Waals surface area contributed by atoms with Gasteiger partial charge in [-0.2, -0.15) is 0 Å². The highest BCUT2D eigenvalue weighted by atomic mass is 35.5. The zero-order valence-corrected chi connectivity index (χ0v) is 16.1. The zero-order chi connectivity index (χ0) is 19.8. The summed E-state index contributed by atoms with van der Waals surface area (Å²) in [5.74, 6) is 0.423. The Morgan fingerprint density at radius 1 is 1.07 bits per heavy atom. The van der Waals surface area contributed by atoms with Gasteiger partial charge in [-0.3, -0.25) is 4.79 Å². The average Bonchev–Trinajstić information content (AvgIpc) is 2.72. The van der Waals surface area contributed by atoms with Gasteiger partial charge < -0.3 is 15.7 Å². The molecule has 0 aliphatic carbocycles. The van der Waals surface area contributed by atoms with Gasteiger partial charge in [-0.15, -0.1) is 0 Å². The maximum Gasteiger partial charge on any atom is 0.257 e. The van der Waals surface area contributed by atoms with Crippen LogP contribution in [0.15, 0.2) is 72.9 Å². The topological polar surface area (TPSA) is 74.2 Å². The van der Waals surface area contributed by atoms with Crippen LogP contribution in [-0.2, 0) is 0 Å². The molecule has 0 bridgehead atoms. The molecule has 0 saturated heterocycles. The molecule has 3 aromatic rings. The molecule has 0 spiro atoms. The third kappa shape index (κ3) is 5.55. The van der Waals surface area contributed by atoms with E-state index >= 15 is 0 Å². The Balaban J connectivity index is 1.67. The van der Waals surface area contributed by atoms with E-state index in [2.05, 4.69) is 15.6 Å². The number of amides is 1. The van der Waals surface area contributed by atoms with E-state index in [1.54, 1.807) is 36.4 Å². The Hall–Kier alpha value is -2.89. The number of halogens is 1. The van der Waals surface area contributed by atoms with E-state index in [0.29, 0.717) is 28.5 Å². The van der Waals surface area contributed by atoms with Crippen molar-refractivity contribution in [1.29, 1.82) is 0 Å². The lowest BCUT2D eigenvalue weighted by molar-refractivity contribution is 0.102. The number of carbonyl (C=O) groups excluding carboxylic acids is 1. The van der Waals surface area contributed by atoms with Crippen LogP contribution in [0.25, 0.3) is 0 Å². The number of aliphatic hydroxyl groups is 1. The van der Waals surface area contributed by atoms with Crippen LogP contribution < -0.4 is 10.6 Å². The molecule has 1 aromatic heterocycles. The fraction of sp³-hybridized carbons (Fsp3) is 0.182. The van der Waals surface area contributed by atoms with Crippen molar-refractivity contribution in [3.05, 3.63) is 89.1 Å². The molecule has 1 amide bonds. The largest absolute Gasteiger partial charge is 0.396 e. The molecule has 28 heavy (non-hydrogen) atoms. The second-order valence-corrected chi connectivity index (χ2v) is 6.81. The summed E-state index contributed by atoms with van der Waals surface area (Å²) in [6.45, 7) is 0.140. The van der Waals surface area contributed by atoms with Crippen molar-refractivity contribution in [3.8, 4) is 0 Å². The van der Waals surface area contributed by atoms with Crippen molar-refractivity contribution in [2.24, 2.45) is 0 Å². The van der Waals surface area contributed by atoms with Gasteiger partial charge >= 0.3 is 0 Å². The second-order valence-electron chi connectivity index (χ2n) is 6.37. The minimum Gasteiger partial charge on any atom is -0.396 e.